The predicted octanol–water partition coefficient (Wildman–Crippen LogP) is 4.55. The number of aromatic hydroxyl groups is 1. The molecule has 0 radical (unpaired) electrons. The lowest BCUT2D eigenvalue weighted by atomic mass is 9.66. The van der Waals surface area contributed by atoms with Gasteiger partial charge in [-0.1, -0.05) is 31.2 Å². The van der Waals surface area contributed by atoms with Gasteiger partial charge in [0.25, 0.3) is 5.91 Å². The highest BCUT2D eigenvalue weighted by molar-refractivity contribution is 6.12. The number of hydrogen-bond acceptors (Lipinski definition) is 11. The summed E-state index contributed by atoms with van der Waals surface area (Å²) >= 11 is 0. The molecule has 0 bridgehead atoms. The van der Waals surface area contributed by atoms with Crippen LogP contribution in [0.1, 0.15) is 61.4 Å². The Bertz CT molecular complexity index is 2070. The van der Waals surface area contributed by atoms with Gasteiger partial charge in [0.15, 0.2) is 5.82 Å². The molecule has 9 rings (SSSR count). The Morgan fingerprint density at radius 3 is 2.62 bits per heavy atom. The summed E-state index contributed by atoms with van der Waals surface area (Å²) in [6, 6.07) is 15.3. The Kier molecular flexibility index (Phi) is 10.8. The second-order valence-corrected chi connectivity index (χ2v) is 17.3. The molecule has 5 atom stereocenters. The number of allylic oxidation sites excluding steroid dienone is 1. The molecule has 13 nitrogen and oxygen atoms in total. The van der Waals surface area contributed by atoms with Crippen molar-refractivity contribution in [1.82, 2.24) is 30.2 Å². The van der Waals surface area contributed by atoms with Gasteiger partial charge in [-0.2, -0.15) is 0 Å². The second-order valence-electron chi connectivity index (χ2n) is 17.3. The fourth-order valence-corrected chi connectivity index (χ4v) is 10.9. The molecule has 1 aliphatic carbocycles. The van der Waals surface area contributed by atoms with Gasteiger partial charge in [-0.25, -0.2) is 0 Å². The van der Waals surface area contributed by atoms with Crippen LogP contribution in [0, 0.1) is 23.7 Å². The maximum atomic E-state index is 13.9. The van der Waals surface area contributed by atoms with Crippen LogP contribution in [0.5, 0.6) is 5.75 Å². The first-order valence-electron chi connectivity index (χ1n) is 21.5. The molecule has 3 N–H and O–H groups in total. The number of para-hydroxylation sites is 1. The van der Waals surface area contributed by atoms with Gasteiger partial charge in [0, 0.05) is 101 Å². The van der Waals surface area contributed by atoms with E-state index >= 15 is 0 Å². The zero-order valence-corrected chi connectivity index (χ0v) is 33.9. The number of piperazine rings is 1. The maximum Gasteiger partial charge on any atom is 0.259 e. The number of hydrogen-bond donors (Lipinski definition) is 3. The average molecular weight is 788 g/mol. The largest absolute Gasteiger partial charge is 0.507 e. The standard InChI is InChI=1S/C45H57N9O4/c1-3-7-39-34-12-11-32(21-36(34)45(58)54(39)40(9-6-19-55)44(57)46-2)52-15-13-29(14-16-52)24-51-26-31-20-30(37(31)28-51)25-50-17-18-53-33(27-50)23-47-43-41(53)22-38(48-49-43)35-8-4-5-10-42(35)56/h4-5,7-8,10-12,19,21-22,29-31,33,37,40,56H,3,6,9,13-18,20,23-28H2,1-2H3,(H,46,57)(H,47,49)/b39-7+. The van der Waals surface area contributed by atoms with Gasteiger partial charge in [0.2, 0.25) is 5.91 Å². The van der Waals surface area contributed by atoms with Crippen LogP contribution in [0.25, 0.3) is 17.0 Å². The van der Waals surface area contributed by atoms with Crippen LogP contribution in [0.15, 0.2) is 54.6 Å². The molecule has 2 aromatic carbocycles. The smallest absolute Gasteiger partial charge is 0.259 e. The molecule has 1 aromatic heterocycles. The number of rotatable bonds is 12. The van der Waals surface area contributed by atoms with Crippen LogP contribution in [0.3, 0.4) is 0 Å². The summed E-state index contributed by atoms with van der Waals surface area (Å²) in [5.41, 5.74) is 5.82. The molecule has 5 unspecified atom stereocenters. The number of carbonyl (C=O) groups is 3. The van der Waals surface area contributed by atoms with Gasteiger partial charge in [0.05, 0.1) is 23.0 Å². The normalized spacial score (nSPS) is 25.7. The molecule has 4 fully saturated rings. The van der Waals surface area contributed by atoms with Crippen LogP contribution in [-0.4, -0.2) is 133 Å². The lowest BCUT2D eigenvalue weighted by molar-refractivity contribution is -0.124. The van der Waals surface area contributed by atoms with E-state index in [4.69, 9.17) is 0 Å². The van der Waals surface area contributed by atoms with E-state index in [1.807, 2.05) is 43.3 Å². The molecule has 1 saturated carbocycles. The molecule has 6 aliphatic rings. The number of benzene rings is 2. The minimum Gasteiger partial charge on any atom is -0.507 e. The fourth-order valence-electron chi connectivity index (χ4n) is 10.9. The lowest BCUT2D eigenvalue weighted by Crippen LogP contribution is -2.59. The number of nitrogens with one attached hydrogen (secondary N) is 2. The number of phenols is 1. The van der Waals surface area contributed by atoms with Gasteiger partial charge >= 0.3 is 0 Å². The second kappa shape index (κ2) is 16.3. The van der Waals surface area contributed by atoms with E-state index in [0.717, 1.165) is 111 Å². The first-order valence-corrected chi connectivity index (χ1v) is 21.5. The van der Waals surface area contributed by atoms with E-state index in [0.29, 0.717) is 28.8 Å². The van der Waals surface area contributed by atoms with Crippen LogP contribution >= 0.6 is 0 Å². The Morgan fingerprint density at radius 2 is 1.83 bits per heavy atom. The van der Waals surface area contributed by atoms with Crippen molar-refractivity contribution >= 4 is 41.0 Å². The number of anilines is 3. The summed E-state index contributed by atoms with van der Waals surface area (Å²) < 4.78 is 0. The highest BCUT2D eigenvalue weighted by Crippen LogP contribution is 2.47. The minimum atomic E-state index is -0.726. The molecular formula is C45H57N9O4. The summed E-state index contributed by atoms with van der Waals surface area (Å²) in [6.45, 7) is 12.7. The zero-order valence-electron chi connectivity index (χ0n) is 33.9. The van der Waals surface area contributed by atoms with E-state index in [-0.39, 0.29) is 30.4 Å². The highest BCUT2D eigenvalue weighted by Gasteiger charge is 2.48. The molecule has 2 amide bonds. The highest BCUT2D eigenvalue weighted by atomic mass is 16.3. The molecule has 3 aromatic rings. The summed E-state index contributed by atoms with van der Waals surface area (Å²) in [7, 11) is 1.57. The van der Waals surface area contributed by atoms with Gasteiger partial charge in [0.1, 0.15) is 18.1 Å². The van der Waals surface area contributed by atoms with Crippen molar-refractivity contribution in [3.05, 3.63) is 65.7 Å². The number of aromatic nitrogens is 2. The number of nitrogens with zero attached hydrogens (tertiary/aromatic N) is 7. The average Bonchev–Trinajstić information content (AvgIpc) is 3.71. The SMILES string of the molecule is CC/C=C1\c2ccc(N3CCC(CN4CC5CC(CN6CCN7c8cc(-c9ccccc9O)nnc8NCC7C6)C5C4)CC3)cc2C(=O)N1C(CCC=O)C(=O)NC. The van der Waals surface area contributed by atoms with Crippen LogP contribution in [0.4, 0.5) is 17.2 Å². The molecule has 3 saturated heterocycles. The van der Waals surface area contributed by atoms with E-state index < -0.39 is 6.04 Å². The molecule has 13 heteroatoms. The van der Waals surface area contributed by atoms with Crippen molar-refractivity contribution in [1.29, 1.82) is 0 Å². The van der Waals surface area contributed by atoms with E-state index in [1.165, 1.54) is 32.6 Å². The summed E-state index contributed by atoms with van der Waals surface area (Å²) in [5, 5.41) is 25.6. The number of likely N-dealkylation sites (N-methyl/N-ethyl adjacent to an activating group) is 1. The third-order valence-corrected chi connectivity index (χ3v) is 13.9. The lowest BCUT2D eigenvalue weighted by Gasteiger charge is -2.49. The molecule has 58 heavy (non-hydrogen) atoms. The first-order chi connectivity index (χ1) is 28.3. The topological polar surface area (TPSA) is 137 Å². The Morgan fingerprint density at radius 1 is 0.983 bits per heavy atom. The third-order valence-electron chi connectivity index (χ3n) is 13.9. The van der Waals surface area contributed by atoms with Crippen LogP contribution < -0.4 is 20.4 Å². The minimum absolute atomic E-state index is 0.164. The van der Waals surface area contributed by atoms with Crippen molar-refractivity contribution in [2.24, 2.45) is 23.7 Å². The number of fused-ring (bicyclic) bond motifs is 5. The fraction of sp³-hybridized carbons (Fsp3) is 0.533. The molecule has 6 heterocycles. The van der Waals surface area contributed by atoms with Crippen molar-refractivity contribution in [2.75, 3.05) is 87.6 Å². The van der Waals surface area contributed by atoms with Crippen molar-refractivity contribution in [3.63, 3.8) is 0 Å². The third kappa shape index (κ3) is 7.20. The van der Waals surface area contributed by atoms with Crippen LogP contribution in [0.2, 0.25) is 0 Å². The molecule has 306 valence electrons. The number of phenolic OH excluding ortho intramolecular Hbond substituents is 1. The van der Waals surface area contributed by atoms with Crippen LogP contribution in [-0.2, 0) is 9.59 Å². The summed E-state index contributed by atoms with van der Waals surface area (Å²) in [6.07, 6.45) is 7.68. The number of aldehydes is 1. The Balaban J connectivity index is 0.761. The van der Waals surface area contributed by atoms with Gasteiger partial charge in [-0.05, 0) is 86.1 Å². The molecule has 5 aliphatic heterocycles. The van der Waals surface area contributed by atoms with Crippen molar-refractivity contribution < 1.29 is 19.5 Å². The summed E-state index contributed by atoms with van der Waals surface area (Å²) in [4.78, 5) is 50.0. The Labute approximate surface area is 341 Å². The molecular weight excluding hydrogens is 731 g/mol. The van der Waals surface area contributed by atoms with E-state index in [2.05, 4.69) is 52.6 Å². The van der Waals surface area contributed by atoms with Crippen molar-refractivity contribution in [3.8, 4) is 17.0 Å². The quantitative estimate of drug-likeness (QED) is 0.223. The van der Waals surface area contributed by atoms with Crippen molar-refractivity contribution in [2.45, 2.75) is 57.5 Å². The van der Waals surface area contributed by atoms with Gasteiger partial charge < -0.3 is 35.2 Å². The van der Waals surface area contributed by atoms with Gasteiger partial charge in [-0.3, -0.25) is 19.4 Å². The summed E-state index contributed by atoms with van der Waals surface area (Å²) in [5.74, 6) is 3.71. The first kappa shape index (κ1) is 38.5. The number of likely N-dealkylation sites (tertiary alicyclic amines) is 1. The number of amides is 2. The van der Waals surface area contributed by atoms with Gasteiger partial charge in [-0.15, -0.1) is 10.2 Å². The van der Waals surface area contributed by atoms with E-state index in [9.17, 15) is 19.5 Å². The number of carbonyl (C=O) groups excluding carboxylic acids is 3. The molecule has 0 spiro atoms. The van der Waals surface area contributed by atoms with E-state index in [1.54, 1.807) is 18.0 Å². The monoisotopic (exact) mass is 787 g/mol. The number of piperidine rings is 1. The Hall–Kier alpha value is -5.01. The zero-order chi connectivity index (χ0) is 39.9. The predicted molar refractivity (Wildman–Crippen MR) is 226 cm³/mol. The maximum absolute atomic E-state index is 13.9.